The average molecular weight is 671 g/mol. The Morgan fingerprint density at radius 1 is 1.13 bits per heavy atom. The van der Waals surface area contributed by atoms with Crippen molar-refractivity contribution in [3.05, 3.63) is 75.3 Å². The molecule has 0 bridgehead atoms. The normalized spacial score (nSPS) is 15.2. The molecule has 2 aromatic carbocycles. The summed E-state index contributed by atoms with van der Waals surface area (Å²) < 4.78 is 0.810. The molecule has 0 saturated carbocycles. The lowest BCUT2D eigenvalue weighted by molar-refractivity contribution is -0.110. The number of aryl methyl sites for hydroxylation is 1. The zero-order valence-corrected chi connectivity index (χ0v) is 27.4. The fraction of sp³-hybridized carbons (Fsp3) is 0.303. The summed E-state index contributed by atoms with van der Waals surface area (Å²) in [4.78, 5) is 47.5. The van der Waals surface area contributed by atoms with Crippen LogP contribution >= 0.6 is 15.9 Å². The molecular weight excluding hydrogens is 634 g/mol. The van der Waals surface area contributed by atoms with Crippen molar-refractivity contribution in [3.8, 4) is 0 Å². The number of anilines is 3. The molecule has 0 spiro atoms. The highest BCUT2D eigenvalue weighted by molar-refractivity contribution is 9.10. The third-order valence-corrected chi connectivity index (χ3v) is 9.17. The number of guanidine groups is 1. The number of nitrogens with one attached hydrogen (secondary N) is 4. The standard InChI is InChI=1S/C33H36BrN9O2/c1-5-42(6-2)15-13-37-32(45)28-19(3)27(39-20(28)4)18-23-22-17-21(7-8-24(22)40-31(23)44)43-16-14-38-33(43)41-25-9-10-26-30(29(25)34)36-12-11-35-26/h7-12,17-18,39H,5-6,13-16H2,1-4H3,(H,37,45)(H,38,41)(H,40,44)/b23-18-. The Kier molecular flexibility index (Phi) is 8.68. The number of hydrogen-bond donors (Lipinski definition) is 4. The molecule has 4 heterocycles. The van der Waals surface area contributed by atoms with Gasteiger partial charge in [-0.25, -0.2) is 0 Å². The number of aliphatic imine (C=N–C) groups is 1. The van der Waals surface area contributed by atoms with E-state index in [1.807, 2.05) is 50.3 Å². The van der Waals surface area contributed by atoms with Crippen molar-refractivity contribution in [2.45, 2.75) is 27.7 Å². The van der Waals surface area contributed by atoms with Crippen molar-refractivity contribution in [1.29, 1.82) is 0 Å². The average Bonchev–Trinajstić information content (AvgIpc) is 3.71. The number of fused-ring (bicyclic) bond motifs is 2. The van der Waals surface area contributed by atoms with E-state index < -0.39 is 0 Å². The van der Waals surface area contributed by atoms with Gasteiger partial charge in [-0.3, -0.25) is 24.5 Å². The number of nitrogens with zero attached hydrogens (tertiary/aromatic N) is 5. The lowest BCUT2D eigenvalue weighted by atomic mass is 10.0. The van der Waals surface area contributed by atoms with Gasteiger partial charge < -0.3 is 30.7 Å². The van der Waals surface area contributed by atoms with E-state index in [4.69, 9.17) is 4.99 Å². The smallest absolute Gasteiger partial charge is 0.256 e. The van der Waals surface area contributed by atoms with Gasteiger partial charge in [0.1, 0.15) is 5.52 Å². The van der Waals surface area contributed by atoms with E-state index in [0.717, 1.165) is 74.7 Å². The van der Waals surface area contributed by atoms with E-state index in [2.05, 4.69) is 70.5 Å². The first-order valence-electron chi connectivity index (χ1n) is 15.1. The number of likely N-dealkylation sites (N-methyl/N-ethyl adjacent to an activating group) is 1. The summed E-state index contributed by atoms with van der Waals surface area (Å²) in [6.07, 6.45) is 5.18. The van der Waals surface area contributed by atoms with E-state index in [-0.39, 0.29) is 11.8 Å². The van der Waals surface area contributed by atoms with Crippen LogP contribution in [0.2, 0.25) is 0 Å². The quantitative estimate of drug-likeness (QED) is 0.181. The molecule has 4 aromatic rings. The molecule has 2 aliphatic rings. The highest BCUT2D eigenvalue weighted by Gasteiger charge is 2.28. The minimum Gasteiger partial charge on any atom is -0.358 e. The van der Waals surface area contributed by atoms with Crippen molar-refractivity contribution in [2.75, 3.05) is 54.8 Å². The van der Waals surface area contributed by atoms with E-state index in [9.17, 15) is 9.59 Å². The first kappa shape index (κ1) is 30.5. The lowest BCUT2D eigenvalue weighted by Crippen LogP contribution is -2.35. The lowest BCUT2D eigenvalue weighted by Gasteiger charge is -2.22. The van der Waals surface area contributed by atoms with Gasteiger partial charge in [-0.2, -0.15) is 0 Å². The summed E-state index contributed by atoms with van der Waals surface area (Å²) >= 11 is 3.68. The number of carbonyl (C=O) groups excluding carboxylic acids is 2. The zero-order valence-electron chi connectivity index (χ0n) is 25.8. The second-order valence-electron chi connectivity index (χ2n) is 11.0. The van der Waals surface area contributed by atoms with Gasteiger partial charge >= 0.3 is 0 Å². The van der Waals surface area contributed by atoms with Gasteiger partial charge in [-0.15, -0.1) is 0 Å². The van der Waals surface area contributed by atoms with Crippen molar-refractivity contribution in [3.63, 3.8) is 0 Å². The van der Waals surface area contributed by atoms with Crippen LogP contribution in [0.5, 0.6) is 0 Å². The summed E-state index contributed by atoms with van der Waals surface area (Å²) in [5.41, 5.74) is 8.29. The summed E-state index contributed by atoms with van der Waals surface area (Å²) in [5, 5.41) is 9.49. The van der Waals surface area contributed by atoms with Gasteiger partial charge in [0.2, 0.25) is 5.96 Å². The Bertz CT molecular complexity index is 1860. The largest absolute Gasteiger partial charge is 0.358 e. The molecule has 2 aliphatic heterocycles. The molecule has 45 heavy (non-hydrogen) atoms. The molecule has 4 N–H and O–H groups in total. The molecule has 0 fully saturated rings. The highest BCUT2D eigenvalue weighted by Crippen LogP contribution is 2.37. The van der Waals surface area contributed by atoms with Gasteiger partial charge in [0.05, 0.1) is 33.4 Å². The molecule has 0 radical (unpaired) electrons. The molecule has 6 rings (SSSR count). The van der Waals surface area contributed by atoms with Gasteiger partial charge in [-0.1, -0.05) is 13.8 Å². The van der Waals surface area contributed by atoms with Crippen LogP contribution in [0.1, 0.15) is 46.7 Å². The third-order valence-electron chi connectivity index (χ3n) is 8.36. The fourth-order valence-corrected chi connectivity index (χ4v) is 6.41. The molecule has 232 valence electrons. The molecule has 0 unspecified atom stereocenters. The molecule has 0 saturated heterocycles. The topological polar surface area (TPSA) is 131 Å². The van der Waals surface area contributed by atoms with E-state index in [1.54, 1.807) is 12.4 Å². The Hall–Kier alpha value is -4.55. The van der Waals surface area contributed by atoms with Gasteiger partial charge in [0.25, 0.3) is 11.8 Å². The zero-order chi connectivity index (χ0) is 31.7. The van der Waals surface area contributed by atoms with Crippen LogP contribution in [-0.2, 0) is 4.79 Å². The monoisotopic (exact) mass is 669 g/mol. The highest BCUT2D eigenvalue weighted by atomic mass is 79.9. The summed E-state index contributed by atoms with van der Waals surface area (Å²) in [5.74, 6) is 0.401. The predicted octanol–water partition coefficient (Wildman–Crippen LogP) is 5.19. The molecule has 2 amide bonds. The number of halogens is 1. The maximum Gasteiger partial charge on any atom is 0.256 e. The maximum atomic E-state index is 13.2. The number of hydrogen-bond acceptors (Lipinski definition) is 8. The number of H-pyrrole nitrogens is 1. The minimum atomic E-state index is -0.186. The number of rotatable bonds is 9. The molecule has 0 aliphatic carbocycles. The number of amides is 2. The minimum absolute atomic E-state index is 0.116. The van der Waals surface area contributed by atoms with Crippen LogP contribution in [0.3, 0.4) is 0 Å². The van der Waals surface area contributed by atoms with Crippen molar-refractivity contribution >= 4 is 73.4 Å². The fourth-order valence-electron chi connectivity index (χ4n) is 5.87. The van der Waals surface area contributed by atoms with Crippen LogP contribution in [-0.4, -0.2) is 76.9 Å². The summed E-state index contributed by atoms with van der Waals surface area (Å²) in [6, 6.07) is 9.78. The van der Waals surface area contributed by atoms with Crippen LogP contribution in [0.15, 0.2) is 52.2 Å². The van der Waals surface area contributed by atoms with Crippen LogP contribution in [0.25, 0.3) is 22.7 Å². The van der Waals surface area contributed by atoms with Gasteiger partial charge in [0, 0.05) is 60.4 Å². The molecule has 11 nitrogen and oxygen atoms in total. The third kappa shape index (κ3) is 5.95. The second kappa shape index (κ2) is 12.8. The summed E-state index contributed by atoms with van der Waals surface area (Å²) in [7, 11) is 0. The number of aromatic amines is 1. The SMILES string of the molecule is CCN(CC)CCNC(=O)c1c(C)[nH]c(/C=C2\C(=O)Nc3ccc(N4CCN=C4Nc4ccc5nccnc5c4Br)cc32)c1C. The van der Waals surface area contributed by atoms with Crippen molar-refractivity contribution in [1.82, 2.24) is 25.2 Å². The van der Waals surface area contributed by atoms with Crippen molar-refractivity contribution in [2.24, 2.45) is 4.99 Å². The molecule has 12 heteroatoms. The summed E-state index contributed by atoms with van der Waals surface area (Å²) in [6.45, 7) is 12.6. The van der Waals surface area contributed by atoms with Gasteiger partial charge in [0.15, 0.2) is 0 Å². The van der Waals surface area contributed by atoms with Gasteiger partial charge in [-0.05, 0) is 84.8 Å². The Labute approximate surface area is 270 Å². The Morgan fingerprint density at radius 3 is 2.73 bits per heavy atom. The van der Waals surface area contributed by atoms with E-state index in [0.29, 0.717) is 36.7 Å². The number of aromatic nitrogens is 3. The second-order valence-corrected chi connectivity index (χ2v) is 11.8. The van der Waals surface area contributed by atoms with Crippen LogP contribution < -0.4 is 20.9 Å². The predicted molar refractivity (Wildman–Crippen MR) is 184 cm³/mol. The van der Waals surface area contributed by atoms with E-state index in [1.165, 1.54) is 0 Å². The van der Waals surface area contributed by atoms with Crippen LogP contribution in [0, 0.1) is 13.8 Å². The maximum absolute atomic E-state index is 13.2. The molecular formula is C33H36BrN9O2. The Balaban J connectivity index is 1.24. The number of benzene rings is 2. The first-order valence-corrected chi connectivity index (χ1v) is 15.9. The number of carbonyl (C=O) groups is 2. The Morgan fingerprint density at radius 2 is 1.93 bits per heavy atom. The van der Waals surface area contributed by atoms with Crippen LogP contribution in [0.4, 0.5) is 17.1 Å². The molecule has 2 aromatic heterocycles. The first-order chi connectivity index (χ1) is 21.8. The molecule has 0 atom stereocenters. The van der Waals surface area contributed by atoms with E-state index >= 15 is 0 Å². The van der Waals surface area contributed by atoms with Crippen molar-refractivity contribution < 1.29 is 9.59 Å².